The minimum atomic E-state index is -0.274. The summed E-state index contributed by atoms with van der Waals surface area (Å²) in [7, 11) is 0. The number of halogens is 1. The maximum atomic E-state index is 14.8. The number of aromatic amines is 1. The molecule has 158 valence electrons. The molecule has 2 aromatic heterocycles. The predicted octanol–water partition coefficient (Wildman–Crippen LogP) is 4.35. The van der Waals surface area contributed by atoms with Gasteiger partial charge in [-0.2, -0.15) is 9.97 Å². The van der Waals surface area contributed by atoms with E-state index in [1.807, 2.05) is 48.2 Å². The van der Waals surface area contributed by atoms with Gasteiger partial charge >= 0.3 is 0 Å². The van der Waals surface area contributed by atoms with Crippen molar-refractivity contribution in [2.24, 2.45) is 0 Å². The number of hydrogen-bond donors (Lipinski definition) is 3. The van der Waals surface area contributed by atoms with Gasteiger partial charge < -0.3 is 25.3 Å². The van der Waals surface area contributed by atoms with Gasteiger partial charge in [-0.1, -0.05) is 12.1 Å². The number of benzene rings is 2. The van der Waals surface area contributed by atoms with Gasteiger partial charge in [0.2, 0.25) is 11.8 Å². The maximum absolute atomic E-state index is 14.8. The molecule has 1 fully saturated rings. The number of nitrogens with zero attached hydrogens (tertiary/aromatic N) is 3. The molecule has 3 N–H and O–H groups in total. The largest absolute Gasteiger partial charge is 0.438 e. The molecule has 31 heavy (non-hydrogen) atoms. The summed E-state index contributed by atoms with van der Waals surface area (Å²) in [5, 5.41) is 7.15. The molecule has 7 nitrogen and oxygen atoms in total. The quantitative estimate of drug-likeness (QED) is 0.447. The van der Waals surface area contributed by atoms with Crippen LogP contribution in [0.1, 0.15) is 5.56 Å². The second kappa shape index (κ2) is 8.23. The molecule has 3 heterocycles. The molecule has 0 radical (unpaired) electrons. The van der Waals surface area contributed by atoms with Gasteiger partial charge in [-0.25, -0.2) is 4.39 Å². The Morgan fingerprint density at radius 1 is 1.06 bits per heavy atom. The topological polar surface area (TPSA) is 78.1 Å². The number of aryl methyl sites for hydroxylation is 1. The van der Waals surface area contributed by atoms with Crippen molar-refractivity contribution in [2.45, 2.75) is 6.92 Å². The summed E-state index contributed by atoms with van der Waals surface area (Å²) < 4.78 is 20.8. The Labute approximate surface area is 179 Å². The Morgan fingerprint density at radius 3 is 2.74 bits per heavy atom. The van der Waals surface area contributed by atoms with Crippen molar-refractivity contribution < 1.29 is 9.13 Å². The number of ether oxygens (including phenoxy) is 1. The van der Waals surface area contributed by atoms with E-state index in [4.69, 9.17) is 4.74 Å². The first-order valence-electron chi connectivity index (χ1n) is 10.3. The van der Waals surface area contributed by atoms with Gasteiger partial charge in [0.1, 0.15) is 17.2 Å². The van der Waals surface area contributed by atoms with Gasteiger partial charge in [0.05, 0.1) is 11.1 Å². The van der Waals surface area contributed by atoms with Crippen LogP contribution in [0.2, 0.25) is 0 Å². The third-order valence-electron chi connectivity index (χ3n) is 5.25. The highest BCUT2D eigenvalue weighted by atomic mass is 19.1. The zero-order valence-electron chi connectivity index (χ0n) is 17.2. The number of H-pyrrole nitrogens is 1. The molecule has 4 aromatic rings. The van der Waals surface area contributed by atoms with Crippen LogP contribution in [-0.4, -0.2) is 41.1 Å². The first-order valence-corrected chi connectivity index (χ1v) is 10.3. The van der Waals surface area contributed by atoms with Crippen LogP contribution in [0.5, 0.6) is 11.6 Å². The van der Waals surface area contributed by atoms with Crippen molar-refractivity contribution in [1.29, 1.82) is 0 Å². The average Bonchev–Trinajstić information content (AvgIpc) is 3.24. The van der Waals surface area contributed by atoms with Crippen LogP contribution in [0, 0.1) is 12.7 Å². The van der Waals surface area contributed by atoms with E-state index in [9.17, 15) is 4.39 Å². The fourth-order valence-corrected chi connectivity index (χ4v) is 3.71. The minimum Gasteiger partial charge on any atom is -0.438 e. The predicted molar refractivity (Wildman–Crippen MR) is 120 cm³/mol. The number of nitrogens with one attached hydrogen (secondary N) is 3. The second-order valence-electron chi connectivity index (χ2n) is 7.54. The van der Waals surface area contributed by atoms with E-state index in [0.29, 0.717) is 34.6 Å². The molecule has 1 aliphatic heterocycles. The van der Waals surface area contributed by atoms with Gasteiger partial charge in [-0.3, -0.25) is 0 Å². The fourth-order valence-electron chi connectivity index (χ4n) is 3.71. The normalized spacial score (nSPS) is 14.1. The lowest BCUT2D eigenvalue weighted by Gasteiger charge is -2.29. The highest BCUT2D eigenvalue weighted by Crippen LogP contribution is 2.30. The zero-order chi connectivity index (χ0) is 21.2. The Morgan fingerprint density at radius 2 is 1.94 bits per heavy atom. The Hall–Kier alpha value is -3.65. The summed E-state index contributed by atoms with van der Waals surface area (Å²) >= 11 is 0. The Bertz CT molecular complexity index is 1220. The third kappa shape index (κ3) is 4.15. The first kappa shape index (κ1) is 19.3. The molecule has 5 rings (SSSR count). The second-order valence-corrected chi connectivity index (χ2v) is 7.54. The van der Waals surface area contributed by atoms with Crippen molar-refractivity contribution in [2.75, 3.05) is 36.4 Å². The summed E-state index contributed by atoms with van der Waals surface area (Å²) in [6.07, 6.45) is 1.79. The van der Waals surface area contributed by atoms with E-state index in [0.717, 1.165) is 37.1 Å². The molecule has 0 atom stereocenters. The number of piperazine rings is 1. The molecule has 0 spiro atoms. The fraction of sp³-hybridized carbons (Fsp3) is 0.217. The monoisotopic (exact) mass is 418 g/mol. The highest BCUT2D eigenvalue weighted by molar-refractivity contribution is 5.82. The lowest BCUT2D eigenvalue weighted by atomic mass is 10.2. The Balaban J connectivity index is 1.42. The molecule has 1 saturated heterocycles. The summed E-state index contributed by atoms with van der Waals surface area (Å²) in [5.41, 5.74) is 2.91. The molecule has 2 aromatic carbocycles. The van der Waals surface area contributed by atoms with Crippen LogP contribution in [0.3, 0.4) is 0 Å². The van der Waals surface area contributed by atoms with Gasteiger partial charge in [0.25, 0.3) is 0 Å². The van der Waals surface area contributed by atoms with Crippen LogP contribution in [0.4, 0.5) is 21.7 Å². The lowest BCUT2D eigenvalue weighted by Crippen LogP contribution is -2.43. The summed E-state index contributed by atoms with van der Waals surface area (Å²) in [6.45, 7) is 5.29. The SMILES string of the molecule is Cc1cccc(Oc2nc(Nc3ccc(N4CCNCC4)c(F)c3)nc3[nH]ccc23)c1. The lowest BCUT2D eigenvalue weighted by molar-refractivity contribution is 0.469. The molecule has 0 unspecified atom stereocenters. The third-order valence-corrected chi connectivity index (χ3v) is 5.25. The van der Waals surface area contributed by atoms with Crippen molar-refractivity contribution >= 4 is 28.4 Å². The summed E-state index contributed by atoms with van der Waals surface area (Å²) in [6, 6.07) is 14.7. The Kier molecular flexibility index (Phi) is 5.13. The van der Waals surface area contributed by atoms with Gasteiger partial charge in [0.15, 0.2) is 0 Å². The number of rotatable bonds is 5. The number of anilines is 3. The maximum Gasteiger partial charge on any atom is 0.233 e. The summed E-state index contributed by atoms with van der Waals surface area (Å²) in [5.74, 6) is 1.17. The number of hydrogen-bond acceptors (Lipinski definition) is 6. The minimum absolute atomic E-state index is 0.274. The van der Waals surface area contributed by atoms with E-state index < -0.39 is 0 Å². The smallest absolute Gasteiger partial charge is 0.233 e. The van der Waals surface area contributed by atoms with Crippen molar-refractivity contribution in [3.63, 3.8) is 0 Å². The molecule has 0 bridgehead atoms. The number of fused-ring (bicyclic) bond motifs is 1. The van der Waals surface area contributed by atoms with Crippen molar-refractivity contribution in [1.82, 2.24) is 20.3 Å². The van der Waals surface area contributed by atoms with Crippen LogP contribution >= 0.6 is 0 Å². The molecule has 1 aliphatic rings. The zero-order valence-corrected chi connectivity index (χ0v) is 17.2. The standard InChI is InChI=1S/C23H23FN6O/c1-15-3-2-4-17(13-15)31-22-18-7-8-26-21(18)28-23(29-22)27-16-5-6-20(19(24)14-16)30-11-9-25-10-12-30/h2-8,13-14,25H,9-12H2,1H3,(H2,26,27,28,29). The molecule has 0 aliphatic carbocycles. The number of aromatic nitrogens is 3. The summed E-state index contributed by atoms with van der Waals surface area (Å²) in [4.78, 5) is 14.2. The van der Waals surface area contributed by atoms with E-state index in [1.54, 1.807) is 12.3 Å². The van der Waals surface area contributed by atoms with Crippen molar-refractivity contribution in [3.05, 3.63) is 66.1 Å². The highest BCUT2D eigenvalue weighted by Gasteiger charge is 2.16. The van der Waals surface area contributed by atoms with Crippen LogP contribution in [0.25, 0.3) is 11.0 Å². The van der Waals surface area contributed by atoms with Gasteiger partial charge in [-0.15, -0.1) is 0 Å². The van der Waals surface area contributed by atoms with E-state index in [2.05, 4.69) is 25.6 Å². The van der Waals surface area contributed by atoms with Crippen LogP contribution in [0.15, 0.2) is 54.7 Å². The van der Waals surface area contributed by atoms with E-state index >= 15 is 0 Å². The van der Waals surface area contributed by atoms with Crippen molar-refractivity contribution in [3.8, 4) is 11.6 Å². The van der Waals surface area contributed by atoms with Crippen LogP contribution in [-0.2, 0) is 0 Å². The molecule has 0 amide bonds. The average molecular weight is 418 g/mol. The molecular formula is C23H23FN6O. The van der Waals surface area contributed by atoms with Gasteiger partial charge in [-0.05, 0) is 48.9 Å². The first-order chi connectivity index (χ1) is 15.2. The van der Waals surface area contributed by atoms with Gasteiger partial charge in [0, 0.05) is 38.1 Å². The molecule has 8 heteroatoms. The van der Waals surface area contributed by atoms with E-state index in [1.165, 1.54) is 6.07 Å². The molecular weight excluding hydrogens is 395 g/mol. The van der Waals surface area contributed by atoms with E-state index in [-0.39, 0.29) is 5.82 Å². The molecule has 0 saturated carbocycles. The van der Waals surface area contributed by atoms with Crippen LogP contribution < -0.4 is 20.3 Å².